The Morgan fingerprint density at radius 3 is 2.08 bits per heavy atom. The number of nitrogens with zero attached hydrogens (tertiary/aromatic N) is 2. The summed E-state index contributed by atoms with van der Waals surface area (Å²) in [4.78, 5) is 0. The molecule has 0 aromatic rings. The van der Waals surface area contributed by atoms with E-state index in [1.54, 1.807) is 6.92 Å². The summed E-state index contributed by atoms with van der Waals surface area (Å²) >= 11 is 0. The van der Waals surface area contributed by atoms with Crippen LogP contribution in [0.4, 0.5) is 0 Å². The minimum absolute atomic E-state index is 0.124. The molecule has 0 radical (unpaired) electrons. The SMILES string of the molecule is CC(O)C1(C2(C)CCCCC2)N=N1. The summed E-state index contributed by atoms with van der Waals surface area (Å²) in [5.41, 5.74) is -0.313. The summed E-state index contributed by atoms with van der Waals surface area (Å²) in [6, 6.07) is 0. The Labute approximate surface area is 79.3 Å². The lowest BCUT2D eigenvalue weighted by atomic mass is 9.67. The molecule has 3 heteroatoms. The minimum Gasteiger partial charge on any atom is -0.389 e. The summed E-state index contributed by atoms with van der Waals surface area (Å²) in [7, 11) is 0. The Bertz CT molecular complexity index is 223. The second-order valence-corrected chi connectivity index (χ2v) is 4.72. The van der Waals surface area contributed by atoms with E-state index in [9.17, 15) is 5.11 Å². The maximum absolute atomic E-state index is 9.67. The van der Waals surface area contributed by atoms with Gasteiger partial charge in [0, 0.05) is 5.41 Å². The third-order valence-electron chi connectivity index (χ3n) is 3.74. The highest BCUT2D eigenvalue weighted by Crippen LogP contribution is 2.54. The standard InChI is InChI=1S/C10H18N2O/c1-8(13)10(11-12-10)9(2)6-4-3-5-7-9/h8,13H,3-7H2,1-2H3. The average Bonchev–Trinajstić information content (AvgIpc) is 2.85. The number of rotatable bonds is 2. The molecule has 0 aromatic heterocycles. The molecular weight excluding hydrogens is 164 g/mol. The van der Waals surface area contributed by atoms with Crippen LogP contribution in [0.2, 0.25) is 0 Å². The first kappa shape index (κ1) is 9.13. The van der Waals surface area contributed by atoms with E-state index in [-0.39, 0.29) is 5.41 Å². The van der Waals surface area contributed by atoms with Gasteiger partial charge in [0.25, 0.3) is 0 Å². The fraction of sp³-hybridized carbons (Fsp3) is 1.00. The van der Waals surface area contributed by atoms with Crippen LogP contribution in [0.1, 0.15) is 46.0 Å². The molecule has 0 spiro atoms. The van der Waals surface area contributed by atoms with Crippen LogP contribution in [0.3, 0.4) is 0 Å². The number of hydrogen-bond donors (Lipinski definition) is 1. The lowest BCUT2D eigenvalue weighted by molar-refractivity contribution is 0.0342. The van der Waals surface area contributed by atoms with Gasteiger partial charge in [-0.2, -0.15) is 10.2 Å². The molecule has 1 aliphatic carbocycles. The largest absolute Gasteiger partial charge is 0.389 e. The van der Waals surface area contributed by atoms with Gasteiger partial charge in [-0.3, -0.25) is 0 Å². The summed E-state index contributed by atoms with van der Waals surface area (Å²) < 4.78 is 0. The van der Waals surface area contributed by atoms with Gasteiger partial charge in [-0.1, -0.05) is 26.2 Å². The molecule has 74 valence electrons. The summed E-state index contributed by atoms with van der Waals surface area (Å²) in [5, 5.41) is 17.9. The predicted molar refractivity (Wildman–Crippen MR) is 50.5 cm³/mol. The van der Waals surface area contributed by atoms with Gasteiger partial charge in [-0.15, -0.1) is 0 Å². The highest BCUT2D eigenvalue weighted by atomic mass is 16.3. The van der Waals surface area contributed by atoms with Crippen LogP contribution in [-0.4, -0.2) is 16.9 Å². The first-order valence-corrected chi connectivity index (χ1v) is 5.23. The van der Waals surface area contributed by atoms with E-state index in [0.29, 0.717) is 0 Å². The first-order chi connectivity index (χ1) is 6.11. The molecule has 1 atom stereocenters. The third-order valence-corrected chi connectivity index (χ3v) is 3.74. The quantitative estimate of drug-likeness (QED) is 0.700. The van der Waals surface area contributed by atoms with E-state index >= 15 is 0 Å². The van der Waals surface area contributed by atoms with E-state index in [2.05, 4.69) is 17.2 Å². The van der Waals surface area contributed by atoms with Crippen molar-refractivity contribution in [3.8, 4) is 0 Å². The zero-order chi connectivity index (χ0) is 9.53. The van der Waals surface area contributed by atoms with Crippen molar-refractivity contribution < 1.29 is 5.11 Å². The molecule has 0 amide bonds. The Hall–Kier alpha value is -0.440. The first-order valence-electron chi connectivity index (χ1n) is 5.23. The third kappa shape index (κ3) is 1.21. The lowest BCUT2D eigenvalue weighted by Crippen LogP contribution is -2.45. The molecule has 1 unspecified atom stereocenters. The van der Waals surface area contributed by atoms with Gasteiger partial charge < -0.3 is 5.11 Å². The molecule has 0 aromatic carbocycles. The Balaban J connectivity index is 2.13. The number of aliphatic hydroxyl groups is 1. The van der Waals surface area contributed by atoms with E-state index in [1.807, 2.05) is 0 Å². The van der Waals surface area contributed by atoms with Crippen LogP contribution in [0.25, 0.3) is 0 Å². The van der Waals surface area contributed by atoms with Gasteiger partial charge in [-0.05, 0) is 19.8 Å². The molecule has 2 rings (SSSR count). The monoisotopic (exact) mass is 182 g/mol. The van der Waals surface area contributed by atoms with Gasteiger partial charge in [0.2, 0.25) is 5.66 Å². The molecular formula is C10H18N2O. The molecule has 13 heavy (non-hydrogen) atoms. The molecule has 0 bridgehead atoms. The smallest absolute Gasteiger partial charge is 0.221 e. The molecule has 1 fully saturated rings. The van der Waals surface area contributed by atoms with Crippen molar-refractivity contribution in [2.45, 2.75) is 57.7 Å². The van der Waals surface area contributed by atoms with Crippen LogP contribution in [0.15, 0.2) is 10.2 Å². The van der Waals surface area contributed by atoms with Crippen LogP contribution in [0.5, 0.6) is 0 Å². The van der Waals surface area contributed by atoms with Crippen molar-refractivity contribution in [1.82, 2.24) is 0 Å². The Morgan fingerprint density at radius 2 is 1.69 bits per heavy atom. The van der Waals surface area contributed by atoms with E-state index in [4.69, 9.17) is 0 Å². The summed E-state index contributed by atoms with van der Waals surface area (Å²) in [5.74, 6) is 0. The second kappa shape index (κ2) is 2.77. The van der Waals surface area contributed by atoms with Gasteiger partial charge in [0.05, 0.1) is 0 Å². The lowest BCUT2D eigenvalue weighted by Gasteiger charge is -2.39. The Morgan fingerprint density at radius 1 is 1.15 bits per heavy atom. The van der Waals surface area contributed by atoms with E-state index < -0.39 is 11.8 Å². The van der Waals surface area contributed by atoms with Crippen LogP contribution in [0, 0.1) is 5.41 Å². The maximum atomic E-state index is 9.67. The van der Waals surface area contributed by atoms with Crippen molar-refractivity contribution in [3.05, 3.63) is 0 Å². The van der Waals surface area contributed by atoms with Gasteiger partial charge >= 0.3 is 0 Å². The molecule has 0 saturated heterocycles. The van der Waals surface area contributed by atoms with Crippen molar-refractivity contribution >= 4 is 0 Å². The highest BCUT2D eigenvalue weighted by molar-refractivity contribution is 5.10. The fourth-order valence-corrected chi connectivity index (χ4v) is 2.67. The van der Waals surface area contributed by atoms with Crippen molar-refractivity contribution in [3.63, 3.8) is 0 Å². The number of hydrogen-bond acceptors (Lipinski definition) is 3. The van der Waals surface area contributed by atoms with Crippen molar-refractivity contribution in [1.29, 1.82) is 0 Å². The minimum atomic E-state index is -0.437. The van der Waals surface area contributed by atoms with Crippen LogP contribution < -0.4 is 0 Å². The maximum Gasteiger partial charge on any atom is 0.221 e. The Kier molecular flexibility index (Phi) is 1.95. The van der Waals surface area contributed by atoms with Gasteiger partial charge in [0.1, 0.15) is 6.10 Å². The summed E-state index contributed by atoms with van der Waals surface area (Å²) in [6.45, 7) is 4.03. The van der Waals surface area contributed by atoms with Crippen molar-refractivity contribution in [2.75, 3.05) is 0 Å². The normalized spacial score (nSPS) is 31.3. The molecule has 3 nitrogen and oxygen atoms in total. The molecule has 1 aliphatic heterocycles. The topological polar surface area (TPSA) is 45.0 Å². The van der Waals surface area contributed by atoms with Gasteiger partial charge in [-0.25, -0.2) is 0 Å². The second-order valence-electron chi connectivity index (χ2n) is 4.72. The summed E-state index contributed by atoms with van der Waals surface area (Å²) in [6.07, 6.45) is 5.74. The van der Waals surface area contributed by atoms with Gasteiger partial charge in [0.15, 0.2) is 0 Å². The van der Waals surface area contributed by atoms with Crippen LogP contribution >= 0.6 is 0 Å². The van der Waals surface area contributed by atoms with Crippen molar-refractivity contribution in [2.24, 2.45) is 15.6 Å². The predicted octanol–water partition coefficient (Wildman–Crippen LogP) is 2.50. The van der Waals surface area contributed by atoms with Crippen LogP contribution in [-0.2, 0) is 0 Å². The molecule has 1 N–H and O–H groups in total. The zero-order valence-electron chi connectivity index (χ0n) is 8.45. The fourth-order valence-electron chi connectivity index (χ4n) is 2.67. The van der Waals surface area contributed by atoms with E-state index in [0.717, 1.165) is 12.8 Å². The molecule has 2 aliphatic rings. The zero-order valence-corrected chi connectivity index (χ0v) is 8.45. The molecule has 1 saturated carbocycles. The van der Waals surface area contributed by atoms with E-state index in [1.165, 1.54) is 19.3 Å². The average molecular weight is 182 g/mol. The number of aliphatic hydroxyl groups excluding tert-OH is 1. The molecule has 1 heterocycles. The highest BCUT2D eigenvalue weighted by Gasteiger charge is 2.59.